The molecule has 0 saturated heterocycles. The second-order valence-electron chi connectivity index (χ2n) is 0.913. The standard InChI is InChI=1S/C2H5NO2.COP.Na/c3-1-2(4)5;1-3-2;/h1,3H2,(H,4,5);;. The Balaban J connectivity index is 0. The normalized spacial score (nSPS) is 6.11. The van der Waals surface area contributed by atoms with Gasteiger partial charge in [0.15, 0.2) is 0 Å². The summed E-state index contributed by atoms with van der Waals surface area (Å²) >= 11 is 0.815. The van der Waals surface area contributed by atoms with Crippen molar-refractivity contribution in [3.63, 3.8) is 0 Å². The molecule has 0 rings (SSSR count). The summed E-state index contributed by atoms with van der Waals surface area (Å²) in [5, 5.41) is 7.60. The van der Waals surface area contributed by atoms with Crippen LogP contribution in [0.1, 0.15) is 0 Å². The molecule has 0 heterocycles. The fourth-order valence-electron chi connectivity index (χ4n) is 0. The first kappa shape index (κ1) is 12.1. The Bertz CT molecular complexity index is 163. The maximum atomic E-state index is 9.24. The summed E-state index contributed by atoms with van der Waals surface area (Å²) < 4.78 is 11.7. The van der Waals surface area contributed by atoms with Crippen LogP contribution in [0.4, 0.5) is 0 Å². The Labute approximate surface area is 71.3 Å². The van der Waals surface area contributed by atoms with E-state index in [1.54, 1.807) is 0 Å². The number of carboxylic acids is 1. The van der Waals surface area contributed by atoms with Crippen LogP contribution < -0.4 is 5.73 Å². The van der Waals surface area contributed by atoms with Gasteiger partial charge >= 0.3 is 49.3 Å². The van der Waals surface area contributed by atoms with Crippen molar-refractivity contribution in [3.8, 4) is 2.88 Å². The van der Waals surface area contributed by atoms with Crippen molar-refractivity contribution in [1.82, 2.24) is 0 Å². The van der Waals surface area contributed by atoms with Gasteiger partial charge in [0.25, 0.3) is 0 Å². The van der Waals surface area contributed by atoms with E-state index in [2.05, 4.69) is 8.61 Å². The maximum absolute atomic E-state index is 9.24. The zero-order valence-corrected chi connectivity index (χ0v) is 7.89. The first-order valence-electron chi connectivity index (χ1n) is 2.10. The number of carbonyl (C=O) groups is 1. The summed E-state index contributed by atoms with van der Waals surface area (Å²) in [6.07, 6.45) is 0. The summed E-state index contributed by atoms with van der Waals surface area (Å²) in [6.45, 7) is -0.278. The third-order valence-electron chi connectivity index (χ3n) is 0.266. The fourth-order valence-corrected chi connectivity index (χ4v) is 0. The number of hydrogen-bond donors (Lipinski definition) is 2. The van der Waals surface area contributed by atoms with Crippen molar-refractivity contribution in [3.05, 3.63) is 0 Å². The molecule has 0 radical (unpaired) electrons. The van der Waals surface area contributed by atoms with E-state index < -0.39 is 5.97 Å². The minimum atomic E-state index is -0.968. The molecule has 0 fully saturated rings. The van der Waals surface area contributed by atoms with Crippen LogP contribution in [0, 0.1) is 2.88 Å². The second kappa shape index (κ2) is 11.3. The van der Waals surface area contributed by atoms with Crippen LogP contribution in [0.3, 0.4) is 0 Å². The molecule has 0 saturated carbocycles. The third-order valence-corrected chi connectivity index (χ3v) is 0.996. The van der Waals surface area contributed by atoms with Gasteiger partial charge in [-0.2, -0.15) is 0 Å². The summed E-state index contributed by atoms with van der Waals surface area (Å²) in [5.41, 5.74) is 4.57. The molecule has 3 N–H and O–H groups in total. The van der Waals surface area contributed by atoms with Gasteiger partial charge in [0.2, 0.25) is 0 Å². The molecule has 0 bridgehead atoms. The SMILES string of the molecule is NCC(=O)O.O=P#[C][Na]. The Hall–Kier alpha value is 0.440. The molecule has 0 aliphatic heterocycles. The quantitative estimate of drug-likeness (QED) is 0.393. The van der Waals surface area contributed by atoms with Crippen LogP contribution in [-0.2, 0) is 9.36 Å². The van der Waals surface area contributed by atoms with Gasteiger partial charge in [-0.05, 0) is 0 Å². The fraction of sp³-hybridized carbons (Fsp3) is 0.333. The van der Waals surface area contributed by atoms with Gasteiger partial charge in [-0.1, -0.05) is 0 Å². The minimum absolute atomic E-state index is 0.0602. The van der Waals surface area contributed by atoms with Crippen molar-refractivity contribution in [2.75, 3.05) is 6.54 Å². The Morgan fingerprint density at radius 1 is 1.89 bits per heavy atom. The van der Waals surface area contributed by atoms with Crippen LogP contribution in [-0.4, -0.2) is 45.6 Å². The van der Waals surface area contributed by atoms with Crippen LogP contribution in [0.5, 0.6) is 0 Å². The van der Waals surface area contributed by atoms with E-state index in [-0.39, 0.29) is 14.5 Å². The van der Waals surface area contributed by atoms with Crippen molar-refractivity contribution in [1.29, 1.82) is 0 Å². The van der Waals surface area contributed by atoms with Crippen molar-refractivity contribution in [2.45, 2.75) is 0 Å². The Morgan fingerprint density at radius 2 is 2.11 bits per heavy atom. The van der Waals surface area contributed by atoms with Gasteiger partial charge in [0.05, 0.1) is 6.54 Å². The van der Waals surface area contributed by atoms with Crippen LogP contribution in [0.25, 0.3) is 0 Å². The third kappa shape index (κ3) is 29.6. The number of aliphatic carboxylic acids is 1. The molecule has 4 nitrogen and oxygen atoms in total. The van der Waals surface area contributed by atoms with E-state index in [9.17, 15) is 9.36 Å². The molecule has 0 amide bonds. The average Bonchev–Trinajstić information content (AvgIpc) is 1.89. The molecule has 0 aromatic rings. The molecule has 46 valence electrons. The summed E-state index contributed by atoms with van der Waals surface area (Å²) in [7, 11) is 0.0602. The molecule has 9 heavy (non-hydrogen) atoms. The predicted octanol–water partition coefficient (Wildman–Crippen LogP) is -0.607. The Kier molecular flexibility index (Phi) is 15.2. The van der Waals surface area contributed by atoms with Crippen LogP contribution in [0.15, 0.2) is 0 Å². The number of carboxylic acid groups (broad SMARTS) is 1. The van der Waals surface area contributed by atoms with Gasteiger partial charge in [0, 0.05) is 0 Å². The Morgan fingerprint density at radius 3 is 2.11 bits per heavy atom. The van der Waals surface area contributed by atoms with E-state index in [1.807, 2.05) is 0 Å². The van der Waals surface area contributed by atoms with E-state index in [1.165, 1.54) is 0 Å². The molecule has 0 atom stereocenters. The van der Waals surface area contributed by atoms with Crippen molar-refractivity contribution < 1.29 is 14.5 Å². The summed E-state index contributed by atoms with van der Waals surface area (Å²) in [5.74, 6) is -0.968. The molecule has 0 unspecified atom stereocenters. The van der Waals surface area contributed by atoms with Gasteiger partial charge in [-0.25, -0.2) is 0 Å². The first-order valence-corrected chi connectivity index (χ1v) is 3.91. The number of rotatable bonds is 1. The van der Waals surface area contributed by atoms with Gasteiger partial charge in [-0.3, -0.25) is 4.79 Å². The molecule has 0 spiro atoms. The van der Waals surface area contributed by atoms with E-state index >= 15 is 0 Å². The molecular weight excluding hydrogens is 152 g/mol. The topological polar surface area (TPSA) is 80.4 Å². The monoisotopic (exact) mass is 157 g/mol. The predicted molar refractivity (Wildman–Crippen MR) is 33.9 cm³/mol. The van der Waals surface area contributed by atoms with Gasteiger partial charge in [0.1, 0.15) is 0 Å². The van der Waals surface area contributed by atoms with Crippen LogP contribution in [0.2, 0.25) is 0 Å². The molecule has 0 aliphatic carbocycles. The van der Waals surface area contributed by atoms with Gasteiger partial charge in [-0.15, -0.1) is 0 Å². The zero-order chi connectivity index (χ0) is 7.70. The van der Waals surface area contributed by atoms with Crippen LogP contribution >= 0.6 is 7.92 Å². The molecule has 0 aliphatic rings. The molecule has 6 heteroatoms. The van der Waals surface area contributed by atoms with Crippen molar-refractivity contribution >= 4 is 41.8 Å². The zero-order valence-electron chi connectivity index (χ0n) is 5.00. The van der Waals surface area contributed by atoms with E-state index in [4.69, 9.17) is 5.11 Å². The molecule has 0 aromatic carbocycles. The number of hydrogen-bond acceptors (Lipinski definition) is 3. The van der Waals surface area contributed by atoms with Gasteiger partial charge < -0.3 is 10.8 Å². The summed E-state index contributed by atoms with van der Waals surface area (Å²) in [4.78, 5) is 9.24. The number of nitrogens with two attached hydrogens (primary N) is 1. The second-order valence-corrected chi connectivity index (χ2v) is 2.88. The molecule has 0 aromatic heterocycles. The van der Waals surface area contributed by atoms with E-state index in [0.717, 1.165) is 27.9 Å². The van der Waals surface area contributed by atoms with Crippen molar-refractivity contribution in [2.24, 2.45) is 5.73 Å². The van der Waals surface area contributed by atoms with E-state index in [0.29, 0.717) is 0 Å². The molecular formula is C3H5NNaO3P. The summed E-state index contributed by atoms with van der Waals surface area (Å²) in [6, 6.07) is 0. The first-order chi connectivity index (χ1) is 4.18. The average molecular weight is 157 g/mol.